The molecule has 0 aliphatic rings. The van der Waals surface area contributed by atoms with E-state index in [-0.39, 0.29) is 16.5 Å². The highest BCUT2D eigenvalue weighted by Gasteiger charge is 2.16. The summed E-state index contributed by atoms with van der Waals surface area (Å²) < 4.78 is 32.3. The second kappa shape index (κ2) is 7.11. The molecule has 3 aromatic rings. The molecule has 24 heavy (non-hydrogen) atoms. The van der Waals surface area contributed by atoms with Crippen LogP contribution >= 0.6 is 11.8 Å². The van der Waals surface area contributed by atoms with Crippen molar-refractivity contribution in [1.29, 1.82) is 0 Å². The van der Waals surface area contributed by atoms with Crippen LogP contribution in [0.2, 0.25) is 0 Å². The van der Waals surface area contributed by atoms with Crippen LogP contribution in [0.3, 0.4) is 0 Å². The molecule has 0 aliphatic carbocycles. The van der Waals surface area contributed by atoms with Crippen molar-refractivity contribution in [1.82, 2.24) is 10.2 Å². The van der Waals surface area contributed by atoms with E-state index < -0.39 is 17.7 Å². The number of aliphatic hydroxyl groups is 1. The molecule has 7 heteroatoms. The number of hydrogen-bond donors (Lipinski definition) is 1. The molecule has 124 valence electrons. The van der Waals surface area contributed by atoms with Gasteiger partial charge in [0.05, 0.1) is 6.10 Å². The topological polar surface area (TPSA) is 59.2 Å². The molecule has 0 radical (unpaired) electrons. The molecule has 4 nitrogen and oxygen atoms in total. The van der Waals surface area contributed by atoms with Crippen molar-refractivity contribution in [3.63, 3.8) is 0 Å². The van der Waals surface area contributed by atoms with Crippen molar-refractivity contribution in [2.24, 2.45) is 0 Å². The van der Waals surface area contributed by atoms with E-state index in [0.29, 0.717) is 5.89 Å². The zero-order chi connectivity index (χ0) is 17.1. The number of aryl methyl sites for hydroxylation is 1. The highest BCUT2D eigenvalue weighted by Crippen LogP contribution is 2.28. The first kappa shape index (κ1) is 16.6. The van der Waals surface area contributed by atoms with Crippen molar-refractivity contribution in [3.05, 3.63) is 65.2 Å². The fraction of sp³-hybridized carbons (Fsp3) is 0.176. The van der Waals surface area contributed by atoms with Crippen LogP contribution in [0.15, 0.2) is 52.1 Å². The Kier molecular flexibility index (Phi) is 4.92. The number of halogens is 2. The number of nitrogens with zero attached hydrogens (tertiary/aromatic N) is 2. The third kappa shape index (κ3) is 3.80. The van der Waals surface area contributed by atoms with Gasteiger partial charge in [0.2, 0.25) is 5.89 Å². The molecule has 0 saturated heterocycles. The first-order chi connectivity index (χ1) is 11.5. The number of hydrogen-bond acceptors (Lipinski definition) is 5. The van der Waals surface area contributed by atoms with Crippen LogP contribution in [-0.2, 0) is 0 Å². The van der Waals surface area contributed by atoms with Gasteiger partial charge in [-0.2, -0.15) is 0 Å². The van der Waals surface area contributed by atoms with Gasteiger partial charge in [-0.25, -0.2) is 8.78 Å². The van der Waals surface area contributed by atoms with E-state index in [1.165, 1.54) is 0 Å². The van der Waals surface area contributed by atoms with Crippen molar-refractivity contribution in [2.75, 3.05) is 5.75 Å². The maximum absolute atomic E-state index is 13.6. The lowest BCUT2D eigenvalue weighted by Crippen LogP contribution is -2.04. The Labute approximate surface area is 141 Å². The van der Waals surface area contributed by atoms with Gasteiger partial charge in [-0.3, -0.25) is 0 Å². The standard InChI is InChI=1S/C17H14F2N2O2S/c1-10-2-4-11(5-3-10)16-20-21-17(23-16)24-9-15(22)13-8-12(18)6-7-14(13)19/h2-8,15,22H,9H2,1H3. The first-order valence-corrected chi connectivity index (χ1v) is 8.18. The van der Waals surface area contributed by atoms with Gasteiger partial charge in [0.25, 0.3) is 5.22 Å². The third-order valence-corrected chi connectivity index (χ3v) is 4.28. The largest absolute Gasteiger partial charge is 0.411 e. The number of aromatic nitrogens is 2. The van der Waals surface area contributed by atoms with Crippen molar-refractivity contribution in [2.45, 2.75) is 18.3 Å². The Morgan fingerprint density at radius 1 is 1.12 bits per heavy atom. The summed E-state index contributed by atoms with van der Waals surface area (Å²) in [4.78, 5) is 0. The summed E-state index contributed by atoms with van der Waals surface area (Å²) in [5, 5.41) is 18.1. The fourth-order valence-electron chi connectivity index (χ4n) is 2.09. The molecule has 1 aromatic heterocycles. The smallest absolute Gasteiger partial charge is 0.276 e. The van der Waals surface area contributed by atoms with Crippen molar-refractivity contribution in [3.8, 4) is 11.5 Å². The minimum atomic E-state index is -1.18. The van der Waals surface area contributed by atoms with E-state index in [1.54, 1.807) is 0 Å². The number of benzene rings is 2. The fourth-order valence-corrected chi connectivity index (χ4v) is 2.81. The predicted octanol–water partition coefficient (Wildman–Crippen LogP) is 4.15. The summed E-state index contributed by atoms with van der Waals surface area (Å²) in [5.41, 5.74) is 1.81. The van der Waals surface area contributed by atoms with Gasteiger partial charge in [0.1, 0.15) is 11.6 Å². The monoisotopic (exact) mass is 348 g/mol. The highest BCUT2D eigenvalue weighted by molar-refractivity contribution is 7.99. The molecule has 3 rings (SSSR count). The predicted molar refractivity (Wildman–Crippen MR) is 86.5 cm³/mol. The van der Waals surface area contributed by atoms with Gasteiger partial charge in [-0.1, -0.05) is 29.5 Å². The van der Waals surface area contributed by atoms with Gasteiger partial charge < -0.3 is 9.52 Å². The number of aliphatic hydroxyl groups excluding tert-OH is 1. The van der Waals surface area contributed by atoms with E-state index in [2.05, 4.69) is 10.2 Å². The van der Waals surface area contributed by atoms with Crippen LogP contribution in [0, 0.1) is 18.6 Å². The molecule has 2 aromatic carbocycles. The lowest BCUT2D eigenvalue weighted by atomic mass is 10.1. The lowest BCUT2D eigenvalue weighted by Gasteiger charge is -2.10. The Morgan fingerprint density at radius 3 is 2.62 bits per heavy atom. The molecular formula is C17H14F2N2O2S. The highest BCUT2D eigenvalue weighted by atomic mass is 32.2. The van der Waals surface area contributed by atoms with E-state index in [0.717, 1.165) is 41.1 Å². The van der Waals surface area contributed by atoms with E-state index >= 15 is 0 Å². The summed E-state index contributed by atoms with van der Waals surface area (Å²) in [6, 6.07) is 10.6. The van der Waals surface area contributed by atoms with Crippen molar-refractivity contribution < 1.29 is 18.3 Å². The minimum absolute atomic E-state index is 0.0654. The molecule has 1 unspecified atom stereocenters. The normalized spacial score (nSPS) is 12.3. The molecule has 0 bridgehead atoms. The molecule has 0 saturated carbocycles. The van der Waals surface area contributed by atoms with Crippen LogP contribution < -0.4 is 0 Å². The molecule has 0 amide bonds. The number of rotatable bonds is 5. The van der Waals surface area contributed by atoms with Crippen LogP contribution in [0.5, 0.6) is 0 Å². The summed E-state index contributed by atoms with van der Waals surface area (Å²) in [6.07, 6.45) is -1.18. The van der Waals surface area contributed by atoms with E-state index in [9.17, 15) is 13.9 Å². The average molecular weight is 348 g/mol. The van der Waals surface area contributed by atoms with Gasteiger partial charge >= 0.3 is 0 Å². The first-order valence-electron chi connectivity index (χ1n) is 7.19. The molecule has 1 atom stereocenters. The third-order valence-electron chi connectivity index (χ3n) is 3.39. The van der Waals surface area contributed by atoms with E-state index in [4.69, 9.17) is 4.42 Å². The average Bonchev–Trinajstić information content (AvgIpc) is 3.04. The minimum Gasteiger partial charge on any atom is -0.411 e. The Morgan fingerprint density at radius 2 is 1.88 bits per heavy atom. The number of thioether (sulfide) groups is 1. The second-order valence-corrected chi connectivity index (χ2v) is 6.20. The SMILES string of the molecule is Cc1ccc(-c2nnc(SCC(O)c3cc(F)ccc3F)o2)cc1. The van der Waals surface area contributed by atoms with Crippen LogP contribution in [-0.4, -0.2) is 21.1 Å². The molecule has 1 N–H and O–H groups in total. The molecule has 0 spiro atoms. The van der Waals surface area contributed by atoms with E-state index in [1.807, 2.05) is 31.2 Å². The Balaban J connectivity index is 1.67. The summed E-state index contributed by atoms with van der Waals surface area (Å²) in [7, 11) is 0. The maximum atomic E-state index is 13.6. The molecule has 0 aliphatic heterocycles. The summed E-state index contributed by atoms with van der Waals surface area (Å²) in [5.74, 6) is -0.829. The molecule has 1 heterocycles. The molecular weight excluding hydrogens is 334 g/mol. The molecule has 0 fully saturated rings. The Hall–Kier alpha value is -2.25. The quantitative estimate of drug-likeness (QED) is 0.702. The van der Waals surface area contributed by atoms with Gasteiger partial charge in [0, 0.05) is 16.9 Å². The Bertz CT molecular complexity index is 837. The van der Waals surface area contributed by atoms with Gasteiger partial charge in [-0.15, -0.1) is 10.2 Å². The maximum Gasteiger partial charge on any atom is 0.276 e. The summed E-state index contributed by atoms with van der Waals surface area (Å²) in [6.45, 7) is 1.98. The zero-order valence-corrected chi connectivity index (χ0v) is 13.6. The zero-order valence-electron chi connectivity index (χ0n) is 12.7. The lowest BCUT2D eigenvalue weighted by molar-refractivity contribution is 0.198. The van der Waals surface area contributed by atoms with Gasteiger partial charge in [-0.05, 0) is 37.3 Å². The summed E-state index contributed by atoms with van der Waals surface area (Å²) >= 11 is 1.08. The van der Waals surface area contributed by atoms with Crippen LogP contribution in [0.25, 0.3) is 11.5 Å². The van der Waals surface area contributed by atoms with Crippen molar-refractivity contribution >= 4 is 11.8 Å². The van der Waals surface area contributed by atoms with Crippen LogP contribution in [0.4, 0.5) is 8.78 Å². The van der Waals surface area contributed by atoms with Crippen LogP contribution in [0.1, 0.15) is 17.2 Å². The van der Waals surface area contributed by atoms with Gasteiger partial charge in [0.15, 0.2) is 0 Å². The second-order valence-electron chi connectivity index (χ2n) is 5.23.